The van der Waals surface area contributed by atoms with Crippen LogP contribution in [0.25, 0.3) is 0 Å². The highest BCUT2D eigenvalue weighted by Crippen LogP contribution is 2.30. The second-order valence-electron chi connectivity index (χ2n) is 9.66. The van der Waals surface area contributed by atoms with E-state index in [4.69, 9.17) is 0 Å². The van der Waals surface area contributed by atoms with Gasteiger partial charge in [0.15, 0.2) is 0 Å². The molecule has 2 aromatic rings. The maximum absolute atomic E-state index is 12.7. The number of hydrogen-bond acceptors (Lipinski definition) is 4. The number of amides is 3. The summed E-state index contributed by atoms with van der Waals surface area (Å²) in [4.78, 5) is 31.9. The highest BCUT2D eigenvalue weighted by molar-refractivity contribution is 5.93. The SMILES string of the molecule is CCN1CCN(Cc2ccc(NC(=O)N3CCC(C(=O)Nc4ccc(C(F)(F)F)cc4)CC3)cc2)CC1. The molecular formula is C27H34F3N5O2. The molecule has 3 amide bonds. The molecule has 2 aromatic carbocycles. The molecule has 0 aromatic heterocycles. The maximum Gasteiger partial charge on any atom is 0.416 e. The van der Waals surface area contributed by atoms with Crippen LogP contribution in [0.3, 0.4) is 0 Å². The van der Waals surface area contributed by atoms with E-state index >= 15 is 0 Å². The van der Waals surface area contributed by atoms with Crippen LogP contribution in [-0.2, 0) is 17.5 Å². The maximum atomic E-state index is 12.7. The van der Waals surface area contributed by atoms with Gasteiger partial charge in [-0.2, -0.15) is 13.2 Å². The molecule has 10 heteroatoms. The zero-order valence-corrected chi connectivity index (χ0v) is 21.1. The Balaban J connectivity index is 1.20. The molecule has 200 valence electrons. The van der Waals surface area contributed by atoms with Crippen LogP contribution in [0, 0.1) is 5.92 Å². The minimum absolute atomic E-state index is 0.204. The number of benzene rings is 2. The van der Waals surface area contributed by atoms with E-state index in [1.807, 2.05) is 24.3 Å². The first-order valence-corrected chi connectivity index (χ1v) is 12.8. The molecule has 0 aliphatic carbocycles. The molecule has 2 fully saturated rings. The lowest BCUT2D eigenvalue weighted by Gasteiger charge is -2.34. The average Bonchev–Trinajstić information content (AvgIpc) is 2.90. The van der Waals surface area contributed by atoms with E-state index in [1.165, 1.54) is 17.7 Å². The van der Waals surface area contributed by atoms with E-state index in [-0.39, 0.29) is 17.9 Å². The van der Waals surface area contributed by atoms with Crippen molar-refractivity contribution >= 4 is 23.3 Å². The van der Waals surface area contributed by atoms with E-state index in [9.17, 15) is 22.8 Å². The first-order chi connectivity index (χ1) is 17.7. The van der Waals surface area contributed by atoms with Gasteiger partial charge < -0.3 is 20.4 Å². The van der Waals surface area contributed by atoms with Crippen LogP contribution in [0.1, 0.15) is 30.9 Å². The third-order valence-corrected chi connectivity index (χ3v) is 7.16. The van der Waals surface area contributed by atoms with Crippen LogP contribution in [-0.4, -0.2) is 72.5 Å². The van der Waals surface area contributed by atoms with Crippen molar-refractivity contribution in [3.8, 4) is 0 Å². The van der Waals surface area contributed by atoms with Gasteiger partial charge in [0.05, 0.1) is 5.56 Å². The second kappa shape index (κ2) is 12.0. The zero-order chi connectivity index (χ0) is 26.4. The number of hydrogen-bond donors (Lipinski definition) is 2. The molecule has 2 aliphatic rings. The van der Waals surface area contributed by atoms with Crippen LogP contribution >= 0.6 is 0 Å². The molecule has 4 rings (SSSR count). The van der Waals surface area contributed by atoms with Gasteiger partial charge >= 0.3 is 12.2 Å². The number of urea groups is 1. The largest absolute Gasteiger partial charge is 0.416 e. The van der Waals surface area contributed by atoms with E-state index in [0.29, 0.717) is 31.6 Å². The minimum atomic E-state index is -4.41. The van der Waals surface area contributed by atoms with Gasteiger partial charge in [-0.3, -0.25) is 9.69 Å². The predicted octanol–water partition coefficient (Wildman–Crippen LogP) is 4.73. The van der Waals surface area contributed by atoms with Crippen molar-refractivity contribution in [1.29, 1.82) is 0 Å². The molecule has 0 spiro atoms. The molecule has 0 unspecified atom stereocenters. The molecule has 2 aliphatic heterocycles. The fourth-order valence-electron chi connectivity index (χ4n) is 4.75. The summed E-state index contributed by atoms with van der Waals surface area (Å²) >= 11 is 0. The van der Waals surface area contributed by atoms with Gasteiger partial charge in [0.2, 0.25) is 5.91 Å². The Morgan fingerprint density at radius 2 is 1.35 bits per heavy atom. The Hall–Kier alpha value is -3.11. The molecule has 0 radical (unpaired) electrons. The second-order valence-corrected chi connectivity index (χ2v) is 9.66. The van der Waals surface area contributed by atoms with Crippen molar-refractivity contribution in [2.45, 2.75) is 32.5 Å². The first kappa shape index (κ1) is 26.9. The molecule has 0 saturated carbocycles. The van der Waals surface area contributed by atoms with Crippen LogP contribution in [0.5, 0.6) is 0 Å². The standard InChI is InChI=1S/C27H34F3N5O2/c1-2-33-15-17-34(18-16-33)19-20-3-7-24(8-4-20)32-26(37)35-13-11-21(12-14-35)25(36)31-23-9-5-22(6-10-23)27(28,29)30/h3-10,21H,2,11-19H2,1H3,(H,31,36)(H,32,37). The number of alkyl halides is 3. The van der Waals surface area contributed by atoms with Crippen molar-refractivity contribution in [3.05, 3.63) is 59.7 Å². The number of nitrogens with one attached hydrogen (secondary N) is 2. The molecule has 2 heterocycles. The van der Waals surface area contributed by atoms with Crippen molar-refractivity contribution in [3.63, 3.8) is 0 Å². The van der Waals surface area contributed by atoms with Gasteiger partial charge in [0.1, 0.15) is 0 Å². The summed E-state index contributed by atoms with van der Waals surface area (Å²) in [6, 6.07) is 12.1. The summed E-state index contributed by atoms with van der Waals surface area (Å²) in [5.74, 6) is -0.545. The number of carbonyl (C=O) groups is 2. The zero-order valence-electron chi connectivity index (χ0n) is 21.1. The Labute approximate surface area is 215 Å². The summed E-state index contributed by atoms with van der Waals surface area (Å²) < 4.78 is 38.1. The van der Waals surface area contributed by atoms with E-state index < -0.39 is 11.7 Å². The van der Waals surface area contributed by atoms with Gasteiger partial charge in [-0.05, 0) is 61.3 Å². The summed E-state index contributed by atoms with van der Waals surface area (Å²) in [6.07, 6.45) is -3.43. The highest BCUT2D eigenvalue weighted by atomic mass is 19.4. The average molecular weight is 518 g/mol. The summed E-state index contributed by atoms with van der Waals surface area (Å²) in [5.41, 5.74) is 1.50. The number of likely N-dealkylation sites (tertiary alicyclic amines) is 1. The van der Waals surface area contributed by atoms with Crippen LogP contribution in [0.15, 0.2) is 48.5 Å². The van der Waals surface area contributed by atoms with Crippen LogP contribution in [0.2, 0.25) is 0 Å². The van der Waals surface area contributed by atoms with Crippen molar-refractivity contribution in [1.82, 2.24) is 14.7 Å². The fourth-order valence-corrected chi connectivity index (χ4v) is 4.75. The van der Waals surface area contributed by atoms with Gasteiger partial charge in [-0.15, -0.1) is 0 Å². The molecule has 0 bridgehead atoms. The lowest BCUT2D eigenvalue weighted by molar-refractivity contribution is -0.137. The fraction of sp³-hybridized carbons (Fsp3) is 0.481. The lowest BCUT2D eigenvalue weighted by Crippen LogP contribution is -2.45. The number of carbonyl (C=O) groups excluding carboxylic acids is 2. The predicted molar refractivity (Wildman–Crippen MR) is 137 cm³/mol. The smallest absolute Gasteiger partial charge is 0.326 e. The first-order valence-electron chi connectivity index (χ1n) is 12.8. The third-order valence-electron chi connectivity index (χ3n) is 7.16. The Morgan fingerprint density at radius 1 is 0.811 bits per heavy atom. The number of rotatable bonds is 6. The van der Waals surface area contributed by atoms with Gasteiger partial charge in [-0.25, -0.2) is 4.79 Å². The number of piperazine rings is 1. The topological polar surface area (TPSA) is 67.9 Å². The molecule has 2 N–H and O–H groups in total. The monoisotopic (exact) mass is 517 g/mol. The third kappa shape index (κ3) is 7.45. The van der Waals surface area contributed by atoms with Crippen LogP contribution < -0.4 is 10.6 Å². The van der Waals surface area contributed by atoms with Crippen molar-refractivity contribution in [2.24, 2.45) is 5.92 Å². The van der Waals surface area contributed by atoms with Crippen molar-refractivity contribution in [2.75, 3.05) is 56.4 Å². The summed E-state index contributed by atoms with van der Waals surface area (Å²) in [5, 5.41) is 5.61. The number of likely N-dealkylation sites (N-methyl/N-ethyl adjacent to an activating group) is 1. The minimum Gasteiger partial charge on any atom is -0.326 e. The van der Waals surface area contributed by atoms with Crippen molar-refractivity contribution < 1.29 is 22.8 Å². The molecular weight excluding hydrogens is 483 g/mol. The number of piperidine rings is 1. The van der Waals surface area contributed by atoms with Gasteiger partial charge in [-0.1, -0.05) is 19.1 Å². The Kier molecular flexibility index (Phi) is 8.71. The van der Waals surface area contributed by atoms with E-state index in [0.717, 1.165) is 57.1 Å². The number of anilines is 2. The Bertz CT molecular complexity index is 1040. The normalized spacial score (nSPS) is 18.0. The van der Waals surface area contributed by atoms with E-state index in [1.54, 1.807) is 4.90 Å². The van der Waals surface area contributed by atoms with Gasteiger partial charge in [0.25, 0.3) is 0 Å². The van der Waals surface area contributed by atoms with E-state index in [2.05, 4.69) is 27.4 Å². The number of nitrogens with zero attached hydrogens (tertiary/aromatic N) is 3. The molecule has 7 nitrogen and oxygen atoms in total. The highest BCUT2D eigenvalue weighted by Gasteiger charge is 2.31. The summed E-state index contributed by atoms with van der Waals surface area (Å²) in [6.45, 7) is 9.35. The Morgan fingerprint density at radius 3 is 1.92 bits per heavy atom. The lowest BCUT2D eigenvalue weighted by atomic mass is 9.96. The summed E-state index contributed by atoms with van der Waals surface area (Å²) in [7, 11) is 0. The van der Waals surface area contributed by atoms with Gasteiger partial charge in [0, 0.05) is 63.1 Å². The molecule has 37 heavy (non-hydrogen) atoms. The number of halogens is 3. The quantitative estimate of drug-likeness (QED) is 0.582. The molecule has 0 atom stereocenters. The molecule has 2 saturated heterocycles. The van der Waals surface area contributed by atoms with Crippen LogP contribution in [0.4, 0.5) is 29.3 Å².